The molecular weight excluding hydrogens is 490 g/mol. The molecule has 2 aromatic carbocycles. The molecule has 37 heavy (non-hydrogen) atoms. The van der Waals surface area contributed by atoms with E-state index in [1.54, 1.807) is 44.4 Å². The summed E-state index contributed by atoms with van der Waals surface area (Å²) in [5, 5.41) is 12.7. The number of aromatic nitrogens is 2. The minimum atomic E-state index is -0.581. The third-order valence-corrected chi connectivity index (χ3v) is 6.01. The van der Waals surface area contributed by atoms with E-state index < -0.39 is 6.09 Å². The molecule has 1 amide bonds. The molecule has 0 bridgehead atoms. The van der Waals surface area contributed by atoms with E-state index in [0.717, 1.165) is 36.2 Å². The summed E-state index contributed by atoms with van der Waals surface area (Å²) in [5.41, 5.74) is 3.79. The van der Waals surface area contributed by atoms with E-state index in [0.29, 0.717) is 28.1 Å². The Kier molecular flexibility index (Phi) is 8.26. The lowest BCUT2D eigenvalue weighted by molar-refractivity contribution is 0.130. The van der Waals surface area contributed by atoms with Crippen LogP contribution < -0.4 is 15.0 Å². The highest BCUT2D eigenvalue weighted by molar-refractivity contribution is 6.33. The Morgan fingerprint density at radius 2 is 2.00 bits per heavy atom. The number of carbonyl (C=O) groups excluding carboxylic acids is 1. The number of amides is 1. The number of nitriles is 1. The highest BCUT2D eigenvalue weighted by atomic mass is 35.5. The van der Waals surface area contributed by atoms with Crippen molar-refractivity contribution in [3.8, 4) is 17.8 Å². The van der Waals surface area contributed by atoms with Gasteiger partial charge in [-0.1, -0.05) is 23.7 Å². The van der Waals surface area contributed by atoms with E-state index in [-0.39, 0.29) is 12.1 Å². The first kappa shape index (κ1) is 26.0. The SMILES string of the molecule is Cc1ccc(Oc2ncccn2)cc1N(CC1CC1)/C(=C/C#N)c1ccc(NC(=O)OC(C)C)c(Cl)c1. The van der Waals surface area contributed by atoms with E-state index in [1.807, 2.05) is 31.2 Å². The first-order valence-corrected chi connectivity index (χ1v) is 12.4. The molecule has 1 saturated carbocycles. The molecule has 4 rings (SSSR count). The predicted octanol–water partition coefficient (Wildman–Crippen LogP) is 6.97. The standard InChI is InChI=1S/C28H28ClN5O3/c1-18(2)36-28(35)33-24-10-8-21(15-23(24)29)25(11-12-30)34(17-20-6-7-20)26-16-22(9-5-19(26)3)37-27-31-13-4-14-32-27/h4-5,8-11,13-16,18,20H,6-7,17H2,1-3H3,(H,33,35)/b25-11+. The van der Waals surface area contributed by atoms with Gasteiger partial charge in [0, 0.05) is 42.3 Å². The van der Waals surface area contributed by atoms with Gasteiger partial charge >= 0.3 is 12.1 Å². The van der Waals surface area contributed by atoms with E-state index >= 15 is 0 Å². The molecule has 1 heterocycles. The lowest BCUT2D eigenvalue weighted by atomic mass is 10.1. The minimum absolute atomic E-state index is 0.254. The third kappa shape index (κ3) is 6.99. The molecule has 8 nitrogen and oxygen atoms in total. The van der Waals surface area contributed by atoms with Gasteiger partial charge in [-0.3, -0.25) is 5.32 Å². The van der Waals surface area contributed by atoms with Gasteiger partial charge in [0.15, 0.2) is 0 Å². The third-order valence-electron chi connectivity index (χ3n) is 5.70. The van der Waals surface area contributed by atoms with Crippen molar-refractivity contribution < 1.29 is 14.3 Å². The van der Waals surface area contributed by atoms with Gasteiger partial charge in [0.05, 0.1) is 28.6 Å². The topological polar surface area (TPSA) is 100 Å². The predicted molar refractivity (Wildman–Crippen MR) is 144 cm³/mol. The van der Waals surface area contributed by atoms with Crippen molar-refractivity contribution in [2.24, 2.45) is 5.92 Å². The van der Waals surface area contributed by atoms with Crippen molar-refractivity contribution in [2.75, 3.05) is 16.8 Å². The van der Waals surface area contributed by atoms with Crippen LogP contribution in [-0.2, 0) is 4.74 Å². The average molecular weight is 518 g/mol. The first-order chi connectivity index (χ1) is 17.8. The van der Waals surface area contributed by atoms with Gasteiger partial charge in [0.25, 0.3) is 0 Å². The summed E-state index contributed by atoms with van der Waals surface area (Å²) in [4.78, 5) is 22.4. The molecule has 0 saturated heterocycles. The molecule has 3 aromatic rings. The van der Waals surface area contributed by atoms with Gasteiger partial charge in [-0.05, 0) is 69.4 Å². The zero-order valence-electron chi connectivity index (χ0n) is 20.9. The average Bonchev–Trinajstić information content (AvgIpc) is 3.68. The number of rotatable bonds is 9. The van der Waals surface area contributed by atoms with Crippen LogP contribution in [-0.4, -0.2) is 28.7 Å². The second-order valence-electron chi connectivity index (χ2n) is 9.07. The van der Waals surface area contributed by atoms with Crippen LogP contribution in [0.2, 0.25) is 5.02 Å². The monoisotopic (exact) mass is 517 g/mol. The zero-order valence-corrected chi connectivity index (χ0v) is 21.7. The van der Waals surface area contributed by atoms with Crippen molar-refractivity contribution in [1.82, 2.24) is 9.97 Å². The number of carbonyl (C=O) groups is 1. The maximum absolute atomic E-state index is 12.0. The maximum atomic E-state index is 12.0. The second-order valence-corrected chi connectivity index (χ2v) is 9.48. The quantitative estimate of drug-likeness (QED) is 0.306. The van der Waals surface area contributed by atoms with Gasteiger partial charge in [0.2, 0.25) is 0 Å². The molecule has 1 N–H and O–H groups in total. The molecule has 0 unspecified atom stereocenters. The summed E-state index contributed by atoms with van der Waals surface area (Å²) >= 11 is 6.54. The highest BCUT2D eigenvalue weighted by Crippen LogP contribution is 2.39. The number of allylic oxidation sites excluding steroid dienone is 1. The number of aryl methyl sites for hydroxylation is 1. The number of nitrogens with one attached hydrogen (secondary N) is 1. The van der Waals surface area contributed by atoms with Crippen LogP contribution in [0.4, 0.5) is 16.2 Å². The fourth-order valence-corrected chi connectivity index (χ4v) is 4.01. The molecule has 0 atom stereocenters. The number of benzene rings is 2. The van der Waals surface area contributed by atoms with Crippen molar-refractivity contribution in [1.29, 1.82) is 5.26 Å². The van der Waals surface area contributed by atoms with E-state index in [2.05, 4.69) is 26.3 Å². The van der Waals surface area contributed by atoms with Gasteiger partial charge in [-0.2, -0.15) is 5.26 Å². The fraction of sp³-hybridized carbons (Fsp3) is 0.286. The van der Waals surface area contributed by atoms with Crippen LogP contribution in [0.5, 0.6) is 11.8 Å². The van der Waals surface area contributed by atoms with E-state index in [4.69, 9.17) is 21.1 Å². The summed E-state index contributed by atoms with van der Waals surface area (Å²) in [5.74, 6) is 1.11. The Bertz CT molecular complexity index is 1330. The van der Waals surface area contributed by atoms with Crippen LogP contribution in [0.15, 0.2) is 60.9 Å². The first-order valence-electron chi connectivity index (χ1n) is 12.0. The molecule has 1 fully saturated rings. The molecule has 1 aliphatic rings. The molecule has 0 aliphatic heterocycles. The number of nitrogens with zero attached hydrogens (tertiary/aromatic N) is 4. The smallest absolute Gasteiger partial charge is 0.411 e. The van der Waals surface area contributed by atoms with Crippen molar-refractivity contribution >= 4 is 34.8 Å². The minimum Gasteiger partial charge on any atom is -0.447 e. The maximum Gasteiger partial charge on any atom is 0.411 e. The Balaban J connectivity index is 1.68. The highest BCUT2D eigenvalue weighted by Gasteiger charge is 2.28. The Hall–Kier alpha value is -4.09. The van der Waals surface area contributed by atoms with Crippen LogP contribution in [0.1, 0.15) is 37.8 Å². The molecule has 1 aliphatic carbocycles. The van der Waals surface area contributed by atoms with E-state index in [9.17, 15) is 10.1 Å². The molecule has 0 spiro atoms. The summed E-state index contributed by atoms with van der Waals surface area (Å²) in [6.45, 7) is 6.29. The van der Waals surface area contributed by atoms with Gasteiger partial charge < -0.3 is 14.4 Å². The number of halogens is 1. The number of hydrogen-bond donors (Lipinski definition) is 1. The summed E-state index contributed by atoms with van der Waals surface area (Å²) in [6.07, 6.45) is 6.18. The summed E-state index contributed by atoms with van der Waals surface area (Å²) < 4.78 is 11.0. The van der Waals surface area contributed by atoms with Crippen LogP contribution in [0, 0.1) is 24.2 Å². The lowest BCUT2D eigenvalue weighted by Crippen LogP contribution is -2.25. The van der Waals surface area contributed by atoms with Crippen LogP contribution in [0.25, 0.3) is 5.70 Å². The number of anilines is 2. The Labute approximate surface area is 221 Å². The summed E-state index contributed by atoms with van der Waals surface area (Å²) in [7, 11) is 0. The van der Waals surface area contributed by atoms with Gasteiger partial charge in [0.1, 0.15) is 5.75 Å². The second kappa shape index (κ2) is 11.8. The normalized spacial score (nSPS) is 13.1. The lowest BCUT2D eigenvalue weighted by Gasteiger charge is -2.29. The van der Waals surface area contributed by atoms with Crippen LogP contribution in [0.3, 0.4) is 0 Å². The van der Waals surface area contributed by atoms with Crippen LogP contribution >= 0.6 is 11.6 Å². The Morgan fingerprint density at radius 1 is 1.24 bits per heavy atom. The van der Waals surface area contributed by atoms with Gasteiger partial charge in [-0.25, -0.2) is 14.8 Å². The van der Waals surface area contributed by atoms with Crippen molar-refractivity contribution in [3.05, 3.63) is 77.1 Å². The fourth-order valence-electron chi connectivity index (χ4n) is 3.78. The molecule has 1 aromatic heterocycles. The molecular formula is C28H28ClN5O3. The number of hydrogen-bond acceptors (Lipinski definition) is 7. The summed E-state index contributed by atoms with van der Waals surface area (Å²) in [6, 6.07) is 15.2. The van der Waals surface area contributed by atoms with Crippen molar-refractivity contribution in [3.63, 3.8) is 0 Å². The van der Waals surface area contributed by atoms with E-state index in [1.165, 1.54) is 6.08 Å². The van der Waals surface area contributed by atoms with Gasteiger partial charge in [-0.15, -0.1) is 0 Å². The molecule has 190 valence electrons. The Morgan fingerprint density at radius 3 is 2.65 bits per heavy atom. The molecule has 9 heteroatoms. The number of ether oxygens (including phenoxy) is 2. The molecule has 0 radical (unpaired) electrons. The zero-order chi connectivity index (χ0) is 26.4. The van der Waals surface area contributed by atoms with Crippen molar-refractivity contribution in [2.45, 2.75) is 39.7 Å². The largest absolute Gasteiger partial charge is 0.447 e.